The number of nitrogens with zero attached hydrogens (tertiary/aromatic N) is 5. The zero-order chi connectivity index (χ0) is 29.3. The number of fused-ring (bicyclic) bond motifs is 1. The lowest BCUT2D eigenvalue weighted by atomic mass is 10.1. The minimum atomic E-state index is -0.565. The molecule has 0 saturated carbocycles. The van der Waals surface area contributed by atoms with Gasteiger partial charge in [0.25, 0.3) is 11.8 Å². The summed E-state index contributed by atoms with van der Waals surface area (Å²) in [6, 6.07) is 5.15. The van der Waals surface area contributed by atoms with Crippen LogP contribution >= 0.6 is 0 Å². The molecule has 4 heterocycles. The van der Waals surface area contributed by atoms with Crippen molar-refractivity contribution in [1.82, 2.24) is 14.9 Å². The molecule has 2 aliphatic rings. The maximum atomic E-state index is 13.1. The third-order valence-electron chi connectivity index (χ3n) is 6.68. The molecule has 3 amide bonds. The summed E-state index contributed by atoms with van der Waals surface area (Å²) < 4.78 is 21.8. The van der Waals surface area contributed by atoms with Crippen molar-refractivity contribution in [2.45, 2.75) is 32.9 Å². The van der Waals surface area contributed by atoms with Gasteiger partial charge in [0.15, 0.2) is 11.5 Å². The van der Waals surface area contributed by atoms with E-state index < -0.39 is 11.5 Å². The lowest BCUT2D eigenvalue weighted by Crippen LogP contribution is -2.50. The largest absolute Gasteiger partial charge is 0.493 e. The van der Waals surface area contributed by atoms with E-state index in [1.807, 2.05) is 20.8 Å². The van der Waals surface area contributed by atoms with Crippen molar-refractivity contribution in [3.05, 3.63) is 53.7 Å². The van der Waals surface area contributed by atoms with Gasteiger partial charge in [-0.3, -0.25) is 19.5 Å². The van der Waals surface area contributed by atoms with Gasteiger partial charge in [0.05, 0.1) is 44.5 Å². The average molecular weight is 565 g/mol. The molecule has 1 N–H and O–H groups in total. The van der Waals surface area contributed by atoms with Crippen molar-refractivity contribution in [2.75, 3.05) is 55.5 Å². The fraction of sp³-hybridized carbons (Fsp3) is 0.393. The molecule has 41 heavy (non-hydrogen) atoms. The number of ether oxygens (including phenoxy) is 3. The molecule has 5 rings (SSSR count). The Labute approximate surface area is 237 Å². The number of nitrogens with one attached hydrogen (secondary N) is 1. The van der Waals surface area contributed by atoms with Gasteiger partial charge in [0, 0.05) is 37.9 Å². The van der Waals surface area contributed by atoms with Crippen LogP contribution in [0.5, 0.6) is 11.5 Å². The molecule has 1 saturated heterocycles. The Morgan fingerprint density at radius 3 is 2.41 bits per heavy atom. The Balaban J connectivity index is 1.25. The van der Waals surface area contributed by atoms with Crippen LogP contribution in [-0.4, -0.2) is 78.8 Å². The van der Waals surface area contributed by atoms with Crippen molar-refractivity contribution in [2.24, 2.45) is 0 Å². The zero-order valence-electron chi connectivity index (χ0n) is 23.6. The summed E-state index contributed by atoms with van der Waals surface area (Å²) in [5.41, 5.74) is 1.84. The van der Waals surface area contributed by atoms with E-state index in [1.54, 1.807) is 35.5 Å². The first kappa shape index (κ1) is 27.7. The summed E-state index contributed by atoms with van der Waals surface area (Å²) in [5, 5.41) is 2.83. The number of benzene rings is 1. The van der Waals surface area contributed by atoms with E-state index in [1.165, 1.54) is 25.3 Å². The molecule has 0 atom stereocenters. The smallest absolute Gasteiger partial charge is 0.410 e. The molecule has 0 spiro atoms. The highest BCUT2D eigenvalue weighted by molar-refractivity contribution is 6.10. The maximum Gasteiger partial charge on any atom is 0.410 e. The van der Waals surface area contributed by atoms with E-state index in [2.05, 4.69) is 20.2 Å². The number of rotatable bonds is 6. The van der Waals surface area contributed by atoms with Crippen molar-refractivity contribution >= 4 is 35.3 Å². The summed E-state index contributed by atoms with van der Waals surface area (Å²) >= 11 is 0. The number of methoxy groups -OCH3 is 2. The van der Waals surface area contributed by atoms with Gasteiger partial charge in [-0.15, -0.1) is 0 Å². The van der Waals surface area contributed by atoms with Crippen LogP contribution in [0, 0.1) is 0 Å². The van der Waals surface area contributed by atoms with Gasteiger partial charge in [-0.2, -0.15) is 0 Å². The van der Waals surface area contributed by atoms with Gasteiger partial charge in [0.2, 0.25) is 5.76 Å². The highest BCUT2D eigenvalue weighted by Crippen LogP contribution is 2.36. The minimum absolute atomic E-state index is 0.000964. The average Bonchev–Trinajstić information content (AvgIpc) is 3.56. The van der Waals surface area contributed by atoms with E-state index in [9.17, 15) is 14.4 Å². The monoisotopic (exact) mass is 564 g/mol. The molecular formula is C28H32N6O7. The van der Waals surface area contributed by atoms with Gasteiger partial charge >= 0.3 is 12.1 Å². The third kappa shape index (κ3) is 5.74. The standard InChI is InChI=1S/C28H32N6O7/c1-28(2,3)41-27(37)33-10-8-32(9-11-33)20-6-7-29-14-19(20)31-24(35)23-15-30-26(40-23)34-16-17-12-21(38-4)22(39-5)13-18(17)25(34)36/h6-7,12-15H,8-11,16H2,1-5H3,(H,31,35). The van der Waals surface area contributed by atoms with Crippen LogP contribution in [-0.2, 0) is 11.3 Å². The molecule has 13 nitrogen and oxygen atoms in total. The van der Waals surface area contributed by atoms with Crippen LogP contribution in [0.1, 0.15) is 47.2 Å². The molecule has 13 heteroatoms. The number of pyridine rings is 1. The first-order valence-electron chi connectivity index (χ1n) is 13.1. The number of hydrogen-bond acceptors (Lipinski definition) is 10. The van der Waals surface area contributed by atoms with E-state index in [0.717, 1.165) is 11.3 Å². The van der Waals surface area contributed by atoms with Gasteiger partial charge < -0.3 is 33.7 Å². The van der Waals surface area contributed by atoms with Crippen LogP contribution < -0.4 is 24.6 Å². The van der Waals surface area contributed by atoms with E-state index in [0.29, 0.717) is 48.9 Å². The third-order valence-corrected chi connectivity index (χ3v) is 6.68. The van der Waals surface area contributed by atoms with Crippen LogP contribution in [0.25, 0.3) is 0 Å². The van der Waals surface area contributed by atoms with Crippen LogP contribution in [0.15, 0.2) is 41.2 Å². The predicted molar refractivity (Wildman–Crippen MR) is 149 cm³/mol. The number of piperazine rings is 1. The maximum absolute atomic E-state index is 13.1. The second-order valence-electron chi connectivity index (χ2n) is 10.6. The van der Waals surface area contributed by atoms with Gasteiger partial charge in [-0.25, -0.2) is 9.78 Å². The lowest BCUT2D eigenvalue weighted by molar-refractivity contribution is 0.0240. The SMILES string of the molecule is COc1cc2c(cc1OC)C(=O)N(c1ncc(C(=O)Nc3cnccc3N3CCN(C(=O)OC(C)(C)C)CC3)o1)C2. The Kier molecular flexibility index (Phi) is 7.43. The number of hydrogen-bond donors (Lipinski definition) is 1. The first-order valence-corrected chi connectivity index (χ1v) is 13.1. The summed E-state index contributed by atoms with van der Waals surface area (Å²) in [6.07, 6.45) is 4.11. The molecule has 0 unspecified atom stereocenters. The predicted octanol–water partition coefficient (Wildman–Crippen LogP) is 3.56. The topological polar surface area (TPSA) is 140 Å². The number of amides is 3. The summed E-state index contributed by atoms with van der Waals surface area (Å²) in [7, 11) is 3.02. The molecule has 3 aromatic rings. The summed E-state index contributed by atoms with van der Waals surface area (Å²) in [5.74, 6) is 0.00975. The number of oxazole rings is 1. The molecule has 1 aromatic carbocycles. The molecule has 0 radical (unpaired) electrons. The molecule has 2 aliphatic heterocycles. The molecule has 216 valence electrons. The first-order chi connectivity index (χ1) is 19.6. The number of anilines is 3. The second kappa shape index (κ2) is 11.0. The van der Waals surface area contributed by atoms with Crippen LogP contribution in [0.2, 0.25) is 0 Å². The quantitative estimate of drug-likeness (QED) is 0.473. The zero-order valence-corrected chi connectivity index (χ0v) is 23.6. The fourth-order valence-corrected chi connectivity index (χ4v) is 4.69. The minimum Gasteiger partial charge on any atom is -0.493 e. The Morgan fingerprint density at radius 2 is 1.73 bits per heavy atom. The molecular weight excluding hydrogens is 532 g/mol. The molecule has 0 aliphatic carbocycles. The van der Waals surface area contributed by atoms with E-state index in [-0.39, 0.29) is 30.3 Å². The Bertz CT molecular complexity index is 1470. The van der Waals surface area contributed by atoms with Crippen LogP contribution in [0.4, 0.5) is 22.2 Å². The molecule has 1 fully saturated rings. The second-order valence-corrected chi connectivity index (χ2v) is 10.6. The van der Waals surface area contributed by atoms with E-state index >= 15 is 0 Å². The Hall–Kier alpha value is -4.81. The summed E-state index contributed by atoms with van der Waals surface area (Å²) in [4.78, 5) is 52.0. The van der Waals surface area contributed by atoms with Gasteiger partial charge in [-0.05, 0) is 44.5 Å². The van der Waals surface area contributed by atoms with Crippen LogP contribution in [0.3, 0.4) is 0 Å². The molecule has 0 bridgehead atoms. The van der Waals surface area contributed by atoms with Crippen molar-refractivity contribution in [1.29, 1.82) is 0 Å². The van der Waals surface area contributed by atoms with Gasteiger partial charge in [0.1, 0.15) is 5.60 Å². The molecule has 2 aromatic heterocycles. The van der Waals surface area contributed by atoms with Crippen molar-refractivity contribution in [3.8, 4) is 11.5 Å². The van der Waals surface area contributed by atoms with Crippen molar-refractivity contribution in [3.63, 3.8) is 0 Å². The highest BCUT2D eigenvalue weighted by atomic mass is 16.6. The highest BCUT2D eigenvalue weighted by Gasteiger charge is 2.34. The Morgan fingerprint density at radius 1 is 1.02 bits per heavy atom. The normalized spacial score (nSPS) is 15.0. The number of aromatic nitrogens is 2. The fourth-order valence-electron chi connectivity index (χ4n) is 4.69. The van der Waals surface area contributed by atoms with E-state index in [4.69, 9.17) is 18.6 Å². The van der Waals surface area contributed by atoms with Crippen molar-refractivity contribution < 1.29 is 33.0 Å². The summed E-state index contributed by atoms with van der Waals surface area (Å²) in [6.45, 7) is 7.75. The number of carbonyl (C=O) groups excluding carboxylic acids is 3. The lowest BCUT2D eigenvalue weighted by Gasteiger charge is -2.37. The number of carbonyl (C=O) groups is 3. The van der Waals surface area contributed by atoms with Gasteiger partial charge in [-0.1, -0.05) is 0 Å².